The predicted octanol–water partition coefficient (Wildman–Crippen LogP) is 5.41. The van der Waals surface area contributed by atoms with Gasteiger partial charge in [0.15, 0.2) is 0 Å². The topological polar surface area (TPSA) is 50.5 Å². The molecule has 0 radical (unpaired) electrons. The van der Waals surface area contributed by atoms with E-state index in [0.717, 1.165) is 53.4 Å². The highest BCUT2D eigenvalue weighted by molar-refractivity contribution is 6.32. The van der Waals surface area contributed by atoms with Crippen LogP contribution in [0.2, 0.25) is 5.02 Å². The van der Waals surface area contributed by atoms with Crippen LogP contribution < -0.4 is 0 Å². The average Bonchev–Trinajstić information content (AvgIpc) is 3.30. The number of rotatable bonds is 4. The highest BCUT2D eigenvalue weighted by Crippen LogP contribution is 2.74. The van der Waals surface area contributed by atoms with Gasteiger partial charge in [-0.15, -0.1) is 0 Å². The van der Waals surface area contributed by atoms with Gasteiger partial charge in [0, 0.05) is 35.7 Å². The van der Waals surface area contributed by atoms with E-state index in [1.54, 1.807) is 6.21 Å². The molecule has 2 heterocycles. The molecule has 8 heteroatoms. The molecule has 1 unspecified atom stereocenters. The standard InChI is InChI=1S/C24H21ClF2N4O/c1-14-4-16-9-29-30(21(16)8-19(14)25)13-23-10-24(11-23,12-23)22(32)31-20(2-3-28-31)15-5-17(26)7-18(27)6-15/h3-9,20H,2,10-13H2,1H3. The molecule has 2 bridgehead atoms. The van der Waals surface area contributed by atoms with Crippen molar-refractivity contribution >= 4 is 34.6 Å². The first-order chi connectivity index (χ1) is 15.3. The molecule has 3 saturated carbocycles. The summed E-state index contributed by atoms with van der Waals surface area (Å²) in [5.74, 6) is -1.34. The van der Waals surface area contributed by atoms with Crippen LogP contribution in [0, 0.1) is 29.4 Å². The second-order valence-electron chi connectivity index (χ2n) is 9.68. The highest BCUT2D eigenvalue weighted by Gasteiger charge is 2.72. The van der Waals surface area contributed by atoms with E-state index in [1.807, 2.05) is 29.9 Å². The summed E-state index contributed by atoms with van der Waals surface area (Å²) in [4.78, 5) is 13.4. The molecule has 7 rings (SSSR count). The first-order valence-electron chi connectivity index (χ1n) is 10.7. The third kappa shape index (κ3) is 2.83. The zero-order chi connectivity index (χ0) is 22.3. The van der Waals surface area contributed by atoms with Gasteiger partial charge in [-0.05, 0) is 67.0 Å². The minimum absolute atomic E-state index is 0.0493. The fourth-order valence-corrected chi connectivity index (χ4v) is 6.11. The molecule has 0 spiro atoms. The third-order valence-corrected chi connectivity index (χ3v) is 7.72. The monoisotopic (exact) mass is 454 g/mol. The Balaban J connectivity index is 1.18. The number of nitrogens with zero attached hydrogens (tertiary/aromatic N) is 4. The molecule has 0 N–H and O–H groups in total. The Bertz CT molecular complexity index is 1280. The van der Waals surface area contributed by atoms with Gasteiger partial charge in [0.05, 0.1) is 23.2 Å². The molecule has 1 aromatic heterocycles. The Labute approximate surface area is 188 Å². The van der Waals surface area contributed by atoms with E-state index in [1.165, 1.54) is 17.1 Å². The van der Waals surface area contributed by atoms with E-state index in [9.17, 15) is 13.6 Å². The van der Waals surface area contributed by atoms with Gasteiger partial charge in [-0.3, -0.25) is 9.48 Å². The second-order valence-corrected chi connectivity index (χ2v) is 10.1. The smallest absolute Gasteiger partial charge is 0.249 e. The number of aryl methyl sites for hydroxylation is 1. The molecule has 5 nitrogen and oxygen atoms in total. The molecule has 4 aliphatic rings. The largest absolute Gasteiger partial charge is 0.272 e. The maximum Gasteiger partial charge on any atom is 0.249 e. The van der Waals surface area contributed by atoms with Crippen molar-refractivity contribution in [1.82, 2.24) is 14.8 Å². The van der Waals surface area contributed by atoms with Crippen LogP contribution in [-0.4, -0.2) is 26.9 Å². The first kappa shape index (κ1) is 19.9. The molecule has 3 aromatic rings. The van der Waals surface area contributed by atoms with Crippen molar-refractivity contribution in [2.24, 2.45) is 15.9 Å². The summed E-state index contributed by atoms with van der Waals surface area (Å²) in [6.45, 7) is 2.72. The molecule has 32 heavy (non-hydrogen) atoms. The molecule has 3 fully saturated rings. The van der Waals surface area contributed by atoms with Crippen LogP contribution in [0.4, 0.5) is 8.78 Å². The fraction of sp³-hybridized carbons (Fsp3) is 0.375. The number of hydrazone groups is 1. The lowest BCUT2D eigenvalue weighted by atomic mass is 9.34. The van der Waals surface area contributed by atoms with Gasteiger partial charge in [0.1, 0.15) is 11.6 Å². The maximum atomic E-state index is 13.7. The van der Waals surface area contributed by atoms with Crippen molar-refractivity contribution in [1.29, 1.82) is 0 Å². The molecule has 1 atom stereocenters. The molecule has 2 aromatic carbocycles. The van der Waals surface area contributed by atoms with Crippen LogP contribution in [0.1, 0.15) is 42.9 Å². The summed E-state index contributed by atoms with van der Waals surface area (Å²) < 4.78 is 29.4. The van der Waals surface area contributed by atoms with E-state index in [0.29, 0.717) is 12.0 Å². The normalized spacial score (nSPS) is 28.1. The lowest BCUT2D eigenvalue weighted by molar-refractivity contribution is -0.223. The van der Waals surface area contributed by atoms with Crippen molar-refractivity contribution in [2.75, 3.05) is 0 Å². The summed E-state index contributed by atoms with van der Waals surface area (Å²) in [5.41, 5.74) is 2.08. The van der Waals surface area contributed by atoms with Crippen molar-refractivity contribution in [3.05, 3.63) is 64.3 Å². The molecule has 164 valence electrons. The lowest BCUT2D eigenvalue weighted by Crippen LogP contribution is -2.68. The van der Waals surface area contributed by atoms with Gasteiger partial charge >= 0.3 is 0 Å². The van der Waals surface area contributed by atoms with E-state index >= 15 is 0 Å². The predicted molar refractivity (Wildman–Crippen MR) is 117 cm³/mol. The number of hydrogen-bond acceptors (Lipinski definition) is 3. The van der Waals surface area contributed by atoms with Crippen molar-refractivity contribution in [3.63, 3.8) is 0 Å². The SMILES string of the molecule is Cc1cc2cnn(CC34CC(C(=O)N5N=CCC5c5cc(F)cc(F)c5)(C3)C4)c2cc1Cl. The number of fused-ring (bicyclic) bond motifs is 1. The van der Waals surface area contributed by atoms with Gasteiger partial charge in [0.25, 0.3) is 0 Å². The van der Waals surface area contributed by atoms with Gasteiger partial charge in [-0.1, -0.05) is 11.6 Å². The summed E-state index contributed by atoms with van der Waals surface area (Å²) in [6, 6.07) is 6.92. The third-order valence-electron chi connectivity index (χ3n) is 7.31. The number of benzene rings is 2. The van der Waals surface area contributed by atoms with Crippen LogP contribution in [0.5, 0.6) is 0 Å². The summed E-state index contributed by atoms with van der Waals surface area (Å²) in [5, 5.41) is 12.0. The molecular formula is C24H21ClF2N4O. The summed E-state index contributed by atoms with van der Waals surface area (Å²) >= 11 is 6.31. The average molecular weight is 455 g/mol. The Kier molecular flexibility index (Phi) is 4.10. The fourth-order valence-electron chi connectivity index (χ4n) is 5.95. The number of hydrogen-bond donors (Lipinski definition) is 0. The molecular weight excluding hydrogens is 434 g/mol. The number of halogens is 3. The summed E-state index contributed by atoms with van der Waals surface area (Å²) in [6.07, 6.45) is 6.28. The van der Waals surface area contributed by atoms with Gasteiger partial charge in [-0.2, -0.15) is 10.2 Å². The van der Waals surface area contributed by atoms with Crippen LogP contribution >= 0.6 is 11.6 Å². The minimum Gasteiger partial charge on any atom is -0.272 e. The van der Waals surface area contributed by atoms with E-state index < -0.39 is 23.1 Å². The van der Waals surface area contributed by atoms with E-state index in [-0.39, 0.29) is 11.3 Å². The second kappa shape index (κ2) is 6.61. The lowest BCUT2D eigenvalue weighted by Gasteiger charge is -2.69. The van der Waals surface area contributed by atoms with Crippen LogP contribution in [0.15, 0.2) is 41.6 Å². The maximum absolute atomic E-state index is 13.7. The Morgan fingerprint density at radius 2 is 1.88 bits per heavy atom. The molecule has 0 saturated heterocycles. The number of carbonyl (C=O) groups is 1. The Morgan fingerprint density at radius 1 is 1.16 bits per heavy atom. The van der Waals surface area contributed by atoms with Crippen molar-refractivity contribution in [2.45, 2.75) is 45.2 Å². The van der Waals surface area contributed by atoms with Gasteiger partial charge < -0.3 is 0 Å². The Hall–Kier alpha value is -2.80. The number of aromatic nitrogens is 2. The van der Waals surface area contributed by atoms with E-state index in [4.69, 9.17) is 11.6 Å². The quantitative estimate of drug-likeness (QED) is 0.529. The van der Waals surface area contributed by atoms with Gasteiger partial charge in [0.2, 0.25) is 5.91 Å². The van der Waals surface area contributed by atoms with E-state index in [2.05, 4.69) is 10.2 Å². The van der Waals surface area contributed by atoms with Crippen LogP contribution in [0.25, 0.3) is 10.9 Å². The molecule has 1 amide bonds. The number of carbonyl (C=O) groups excluding carboxylic acids is 1. The number of amides is 1. The first-order valence-corrected chi connectivity index (χ1v) is 11.1. The molecule has 3 aliphatic carbocycles. The van der Waals surface area contributed by atoms with Crippen LogP contribution in [-0.2, 0) is 11.3 Å². The molecule has 1 aliphatic heterocycles. The zero-order valence-electron chi connectivity index (χ0n) is 17.5. The minimum atomic E-state index is -0.648. The van der Waals surface area contributed by atoms with Crippen molar-refractivity contribution < 1.29 is 13.6 Å². The van der Waals surface area contributed by atoms with Crippen LogP contribution in [0.3, 0.4) is 0 Å². The summed E-state index contributed by atoms with van der Waals surface area (Å²) in [7, 11) is 0. The zero-order valence-corrected chi connectivity index (χ0v) is 18.2. The van der Waals surface area contributed by atoms with Crippen molar-refractivity contribution in [3.8, 4) is 0 Å². The highest BCUT2D eigenvalue weighted by atomic mass is 35.5. The van der Waals surface area contributed by atoms with Gasteiger partial charge in [-0.25, -0.2) is 13.8 Å². The Morgan fingerprint density at radius 3 is 2.59 bits per heavy atom.